The van der Waals surface area contributed by atoms with E-state index in [-0.39, 0.29) is 6.54 Å². The molecule has 0 bridgehead atoms. The largest absolute Gasteiger partial charge is 0.420 e. The Balaban J connectivity index is 2.40. The fourth-order valence-corrected chi connectivity index (χ4v) is 17.1. The van der Waals surface area contributed by atoms with Crippen LogP contribution in [-0.2, 0) is 21.3 Å². The first kappa shape index (κ1) is 21.0. The van der Waals surface area contributed by atoms with Gasteiger partial charge >= 0.3 is 14.7 Å². The lowest BCUT2D eigenvalue weighted by molar-refractivity contribution is -0.153. The first-order valence-electron chi connectivity index (χ1n) is 7.49. The summed E-state index contributed by atoms with van der Waals surface area (Å²) in [6.07, 6.45) is -5.43. The van der Waals surface area contributed by atoms with Gasteiger partial charge in [0.2, 0.25) is 5.91 Å². The summed E-state index contributed by atoms with van der Waals surface area (Å²) >= 11 is 0. The maximum atomic E-state index is 12.1. The molecule has 2 atom stereocenters. The van der Waals surface area contributed by atoms with Crippen LogP contribution in [0.1, 0.15) is 12.8 Å². The summed E-state index contributed by atoms with van der Waals surface area (Å²) in [6.45, 7) is 7.87. The molecule has 0 aromatic rings. The van der Waals surface area contributed by atoms with Crippen molar-refractivity contribution in [2.75, 3.05) is 6.54 Å². The molecular formula is C10H24F3NO5Si4. The number of carbonyl (C=O) groups excluding carboxylic acids is 1. The maximum absolute atomic E-state index is 12.1. The van der Waals surface area contributed by atoms with Gasteiger partial charge in [0, 0.05) is 6.54 Å². The van der Waals surface area contributed by atoms with Gasteiger partial charge < -0.3 is 21.8 Å². The van der Waals surface area contributed by atoms with E-state index >= 15 is 0 Å². The van der Waals surface area contributed by atoms with Crippen molar-refractivity contribution in [2.24, 2.45) is 0 Å². The molecule has 1 amide bonds. The van der Waals surface area contributed by atoms with Crippen LogP contribution < -0.4 is 5.32 Å². The van der Waals surface area contributed by atoms with Crippen LogP contribution in [0.25, 0.3) is 0 Å². The zero-order chi connectivity index (χ0) is 17.7. The van der Waals surface area contributed by atoms with Crippen LogP contribution >= 0.6 is 0 Å². The molecule has 0 aliphatic carbocycles. The summed E-state index contributed by atoms with van der Waals surface area (Å²) in [7, 11) is -7.79. The first-order valence-corrected chi connectivity index (χ1v) is 16.3. The number of alkyl halides is 3. The summed E-state index contributed by atoms with van der Waals surface area (Å²) in [5, 5.41) is 2.27. The molecule has 1 saturated heterocycles. The first-order chi connectivity index (χ1) is 10.5. The van der Waals surface area contributed by atoms with Crippen LogP contribution in [-0.4, -0.2) is 55.0 Å². The summed E-state index contributed by atoms with van der Waals surface area (Å²) in [6, 6.07) is 0.580. The van der Waals surface area contributed by atoms with Crippen molar-refractivity contribution in [1.29, 1.82) is 0 Å². The van der Waals surface area contributed by atoms with Crippen LogP contribution in [0.4, 0.5) is 13.2 Å². The normalized spacial score (nSPS) is 32.9. The molecule has 2 unspecified atom stereocenters. The third-order valence-electron chi connectivity index (χ3n) is 3.09. The van der Waals surface area contributed by atoms with Gasteiger partial charge in [-0.2, -0.15) is 13.2 Å². The van der Waals surface area contributed by atoms with E-state index in [2.05, 4.69) is 5.32 Å². The zero-order valence-corrected chi connectivity index (χ0v) is 18.2. The van der Waals surface area contributed by atoms with Gasteiger partial charge in [-0.1, -0.05) is 0 Å². The highest BCUT2D eigenvalue weighted by Crippen LogP contribution is 2.22. The quantitative estimate of drug-likeness (QED) is 0.547. The lowest BCUT2D eigenvalue weighted by Gasteiger charge is -2.37. The van der Waals surface area contributed by atoms with Gasteiger partial charge in [0.25, 0.3) is 27.9 Å². The van der Waals surface area contributed by atoms with Crippen LogP contribution in [0, 0.1) is 0 Å². The van der Waals surface area contributed by atoms with E-state index in [0.717, 1.165) is 0 Å². The van der Waals surface area contributed by atoms with E-state index in [0.29, 0.717) is 12.5 Å². The van der Waals surface area contributed by atoms with Crippen LogP contribution in [0.3, 0.4) is 0 Å². The molecule has 6 nitrogen and oxygen atoms in total. The zero-order valence-electron chi connectivity index (χ0n) is 13.7. The van der Waals surface area contributed by atoms with Crippen molar-refractivity contribution in [2.45, 2.75) is 51.3 Å². The molecule has 13 heteroatoms. The summed E-state index contributed by atoms with van der Waals surface area (Å²) in [5.74, 6) is -1.01. The monoisotopic (exact) mass is 407 g/mol. The number of hydrogen-bond acceptors (Lipinski definition) is 5. The number of rotatable bonds is 5. The maximum Gasteiger partial charge on any atom is 0.397 e. The fourth-order valence-electron chi connectivity index (χ4n) is 2.36. The Hall–Kier alpha value is -0.0325. The van der Waals surface area contributed by atoms with E-state index in [9.17, 15) is 18.0 Å². The molecule has 1 aliphatic heterocycles. The standard InChI is InChI=1S/C10H24F3NO5Si4/c1-20-16-21(2)18-23(4,19-22(3)17-20)7-5-6-14-9(15)8-10(11,12)13/h20-22H,5-8H2,1-4H3,(H,14,15). The minimum absolute atomic E-state index is 0.170. The van der Waals surface area contributed by atoms with Gasteiger partial charge in [0.15, 0.2) is 0 Å². The Labute approximate surface area is 140 Å². The molecule has 0 radical (unpaired) electrons. The topological polar surface area (TPSA) is 66.0 Å². The number of hydrogen-bond donors (Lipinski definition) is 1. The Kier molecular flexibility index (Phi) is 8.12. The molecular weight excluding hydrogens is 383 g/mol. The molecule has 1 fully saturated rings. The number of carbonyl (C=O) groups is 1. The van der Waals surface area contributed by atoms with Crippen LogP contribution in [0.5, 0.6) is 0 Å². The molecule has 0 aromatic carbocycles. The summed E-state index contributed by atoms with van der Waals surface area (Å²) < 4.78 is 59.8. The third-order valence-corrected chi connectivity index (χ3v) is 17.1. The minimum atomic E-state index is -4.48. The molecule has 0 aromatic heterocycles. The van der Waals surface area contributed by atoms with Crippen LogP contribution in [0.2, 0.25) is 32.2 Å². The van der Waals surface area contributed by atoms with E-state index in [1.165, 1.54) is 0 Å². The third kappa shape index (κ3) is 9.13. The van der Waals surface area contributed by atoms with Crippen molar-refractivity contribution >= 4 is 42.3 Å². The SMILES string of the molecule is C[SiH]1O[SiH](C)O[Si](C)(CCCNC(=O)CC(F)(F)F)O[SiH](C)O1. The Bertz CT molecular complexity index is 389. The van der Waals surface area contributed by atoms with Gasteiger partial charge in [0.1, 0.15) is 6.42 Å². The second-order valence-electron chi connectivity index (χ2n) is 5.59. The molecule has 0 spiro atoms. The highest BCUT2D eigenvalue weighted by Gasteiger charge is 2.39. The van der Waals surface area contributed by atoms with Gasteiger partial charge in [-0.3, -0.25) is 4.79 Å². The molecule has 23 heavy (non-hydrogen) atoms. The number of halogens is 3. The van der Waals surface area contributed by atoms with Gasteiger partial charge in [-0.25, -0.2) is 0 Å². The average molecular weight is 408 g/mol. The van der Waals surface area contributed by atoms with Crippen molar-refractivity contribution < 1.29 is 34.4 Å². The lowest BCUT2D eigenvalue weighted by Crippen LogP contribution is -2.53. The van der Waals surface area contributed by atoms with E-state index in [1.54, 1.807) is 0 Å². The predicted octanol–water partition coefficient (Wildman–Crippen LogP) is 1.15. The van der Waals surface area contributed by atoms with Gasteiger partial charge in [-0.15, -0.1) is 0 Å². The van der Waals surface area contributed by atoms with Crippen molar-refractivity contribution in [1.82, 2.24) is 5.32 Å². The van der Waals surface area contributed by atoms with E-state index in [1.807, 2.05) is 26.2 Å². The van der Waals surface area contributed by atoms with Gasteiger partial charge in [-0.05, 0) is 38.7 Å². The molecule has 136 valence electrons. The fraction of sp³-hybridized carbons (Fsp3) is 0.900. The van der Waals surface area contributed by atoms with E-state index in [4.69, 9.17) is 16.5 Å². The summed E-state index contributed by atoms with van der Waals surface area (Å²) in [5.41, 5.74) is 0. The number of nitrogens with one attached hydrogen (secondary N) is 1. The van der Waals surface area contributed by atoms with Crippen LogP contribution in [0.15, 0.2) is 0 Å². The predicted molar refractivity (Wildman–Crippen MR) is 88.1 cm³/mol. The van der Waals surface area contributed by atoms with Crippen molar-refractivity contribution in [3.8, 4) is 0 Å². The van der Waals surface area contributed by atoms with Crippen molar-refractivity contribution in [3.63, 3.8) is 0 Å². The molecule has 1 N–H and O–H groups in total. The molecule has 1 aliphatic rings. The minimum Gasteiger partial charge on any atom is -0.420 e. The van der Waals surface area contributed by atoms with E-state index < -0.39 is 54.9 Å². The smallest absolute Gasteiger partial charge is 0.397 e. The summed E-state index contributed by atoms with van der Waals surface area (Å²) in [4.78, 5) is 11.1. The average Bonchev–Trinajstić information content (AvgIpc) is 2.29. The highest BCUT2D eigenvalue weighted by atomic mass is 28.5. The number of amides is 1. The van der Waals surface area contributed by atoms with Crippen molar-refractivity contribution in [3.05, 3.63) is 0 Å². The second-order valence-corrected chi connectivity index (χ2v) is 15.8. The van der Waals surface area contributed by atoms with Gasteiger partial charge in [0.05, 0.1) is 0 Å². The highest BCUT2D eigenvalue weighted by molar-refractivity contribution is 6.81. The lowest BCUT2D eigenvalue weighted by atomic mass is 10.4. The molecule has 1 heterocycles. The molecule has 1 rings (SSSR count). The molecule has 0 saturated carbocycles. The Morgan fingerprint density at radius 3 is 2.09 bits per heavy atom. The Morgan fingerprint density at radius 1 is 1.09 bits per heavy atom. The second kappa shape index (κ2) is 8.89. The Morgan fingerprint density at radius 2 is 1.61 bits per heavy atom.